The van der Waals surface area contributed by atoms with E-state index in [1.165, 1.54) is 11.8 Å². The van der Waals surface area contributed by atoms with Crippen LogP contribution in [0.15, 0.2) is 53.6 Å². The molecule has 1 N–H and O–H groups in total. The van der Waals surface area contributed by atoms with Crippen molar-refractivity contribution in [3.63, 3.8) is 0 Å². The molecule has 1 saturated heterocycles. The summed E-state index contributed by atoms with van der Waals surface area (Å²) in [5.41, 5.74) is 1.01. The van der Waals surface area contributed by atoms with E-state index < -0.39 is 0 Å². The van der Waals surface area contributed by atoms with Gasteiger partial charge in [0.05, 0.1) is 4.91 Å². The summed E-state index contributed by atoms with van der Waals surface area (Å²) in [6, 6.07) is 9.83. The van der Waals surface area contributed by atoms with E-state index in [4.69, 9.17) is 12.2 Å². The number of hydrogen-bond acceptors (Lipinski definition) is 4. The maximum absolute atomic E-state index is 11.9. The maximum atomic E-state index is 11.9. The van der Waals surface area contributed by atoms with Crippen molar-refractivity contribution in [1.29, 1.82) is 0 Å². The first-order valence-corrected chi connectivity index (χ1v) is 7.17. The highest BCUT2D eigenvalue weighted by molar-refractivity contribution is 8.26. The Balaban J connectivity index is 1.96. The lowest BCUT2D eigenvalue weighted by atomic mass is 10.3. The second-order valence-corrected chi connectivity index (χ2v) is 5.49. The molecule has 2 rings (SSSR count). The molecule has 0 spiro atoms. The number of hydrogen-bond donors (Lipinski definition) is 1. The molecule has 1 aromatic carbocycles. The zero-order valence-corrected chi connectivity index (χ0v) is 12.1. The number of nitrogens with one attached hydrogen (secondary N) is 1. The molecule has 0 bridgehead atoms. The smallest absolute Gasteiger partial charge is 0.266 e. The number of likely N-dealkylation sites (N-methyl/N-ethyl adjacent to an activating group) is 1. The van der Waals surface area contributed by atoms with Gasteiger partial charge in [0, 0.05) is 18.4 Å². The molecule has 0 radical (unpaired) electrons. The molecule has 1 fully saturated rings. The zero-order chi connectivity index (χ0) is 13.7. The van der Waals surface area contributed by atoms with E-state index in [0.29, 0.717) is 15.8 Å². The molecule has 0 unspecified atom stereocenters. The minimum atomic E-state index is -0.0122. The summed E-state index contributed by atoms with van der Waals surface area (Å²) in [6.45, 7) is 2.54. The molecule has 5 heteroatoms. The van der Waals surface area contributed by atoms with Gasteiger partial charge in [-0.1, -0.05) is 42.2 Å². The van der Waals surface area contributed by atoms with Gasteiger partial charge in [-0.25, -0.2) is 0 Å². The standard InChI is InChI=1S/C14H14N2OS2/c1-2-16-13(17)12(19-14(16)18)9-6-10-15-11-7-4-3-5-8-11/h3-10,15H,2H2,1H3/b10-6+,12-9+. The van der Waals surface area contributed by atoms with Crippen LogP contribution in [0.4, 0.5) is 5.69 Å². The van der Waals surface area contributed by atoms with E-state index in [1.54, 1.807) is 17.2 Å². The van der Waals surface area contributed by atoms with Crippen LogP contribution in [0.3, 0.4) is 0 Å². The Bertz CT molecular complexity index is 538. The fourth-order valence-corrected chi connectivity index (χ4v) is 2.94. The fourth-order valence-electron chi connectivity index (χ4n) is 1.60. The van der Waals surface area contributed by atoms with Crippen molar-refractivity contribution in [2.45, 2.75) is 6.92 Å². The number of carbonyl (C=O) groups excluding carboxylic acids is 1. The molecular formula is C14H14N2OS2. The molecule has 19 heavy (non-hydrogen) atoms. The molecule has 1 heterocycles. The summed E-state index contributed by atoms with van der Waals surface area (Å²) in [6.07, 6.45) is 5.40. The average molecular weight is 290 g/mol. The van der Waals surface area contributed by atoms with Crippen molar-refractivity contribution >= 4 is 39.9 Å². The van der Waals surface area contributed by atoms with Gasteiger partial charge in [-0.2, -0.15) is 0 Å². The number of carbonyl (C=O) groups is 1. The molecule has 0 aromatic heterocycles. The van der Waals surface area contributed by atoms with Crippen LogP contribution in [0.2, 0.25) is 0 Å². The van der Waals surface area contributed by atoms with Crippen molar-refractivity contribution in [3.05, 3.63) is 53.6 Å². The summed E-state index contributed by atoms with van der Waals surface area (Å²) in [7, 11) is 0. The molecule has 1 amide bonds. The lowest BCUT2D eigenvalue weighted by molar-refractivity contribution is -0.122. The third-order valence-corrected chi connectivity index (χ3v) is 3.95. The van der Waals surface area contributed by atoms with Crippen molar-refractivity contribution in [3.8, 4) is 0 Å². The Kier molecular flexibility index (Phi) is 4.76. The average Bonchev–Trinajstić information content (AvgIpc) is 2.70. The molecular weight excluding hydrogens is 276 g/mol. The molecule has 3 nitrogen and oxygen atoms in total. The molecule has 1 aliphatic heterocycles. The molecule has 1 aromatic rings. The van der Waals surface area contributed by atoms with E-state index in [-0.39, 0.29) is 5.91 Å². The van der Waals surface area contributed by atoms with Gasteiger partial charge < -0.3 is 5.32 Å². The fraction of sp³-hybridized carbons (Fsp3) is 0.143. The van der Waals surface area contributed by atoms with E-state index in [2.05, 4.69) is 5.32 Å². The van der Waals surface area contributed by atoms with E-state index in [1.807, 2.05) is 43.3 Å². The Labute approximate surface area is 122 Å². The normalized spacial score (nSPS) is 17.7. The van der Waals surface area contributed by atoms with Crippen LogP contribution < -0.4 is 5.32 Å². The van der Waals surface area contributed by atoms with Gasteiger partial charge in [0.25, 0.3) is 5.91 Å². The lowest BCUT2D eigenvalue weighted by Gasteiger charge is -2.09. The number of para-hydroxylation sites is 1. The Morgan fingerprint density at radius 2 is 2.11 bits per heavy atom. The predicted molar refractivity (Wildman–Crippen MR) is 84.9 cm³/mol. The van der Waals surface area contributed by atoms with Gasteiger partial charge in [0.15, 0.2) is 0 Å². The SMILES string of the molecule is CCN1C(=O)/C(=C\C=C\Nc2ccccc2)SC1=S. The summed E-state index contributed by atoms with van der Waals surface area (Å²) in [5.74, 6) is -0.0122. The second-order valence-electron chi connectivity index (χ2n) is 3.82. The van der Waals surface area contributed by atoms with Crippen LogP contribution in [0.25, 0.3) is 0 Å². The quantitative estimate of drug-likeness (QED) is 0.680. The minimum absolute atomic E-state index is 0.0122. The highest BCUT2D eigenvalue weighted by Gasteiger charge is 2.29. The summed E-state index contributed by atoms with van der Waals surface area (Å²) >= 11 is 6.48. The summed E-state index contributed by atoms with van der Waals surface area (Å²) < 4.78 is 0.628. The number of thiocarbonyl (C=S) groups is 1. The summed E-state index contributed by atoms with van der Waals surface area (Å²) in [5, 5.41) is 3.13. The van der Waals surface area contributed by atoms with Gasteiger partial charge in [0.2, 0.25) is 0 Å². The van der Waals surface area contributed by atoms with Crippen LogP contribution in [0.1, 0.15) is 6.92 Å². The van der Waals surface area contributed by atoms with Crippen molar-refractivity contribution < 1.29 is 4.79 Å². The first kappa shape index (κ1) is 13.8. The van der Waals surface area contributed by atoms with Crippen molar-refractivity contribution in [1.82, 2.24) is 4.90 Å². The largest absolute Gasteiger partial charge is 0.362 e. The molecule has 0 aliphatic carbocycles. The van der Waals surface area contributed by atoms with E-state index >= 15 is 0 Å². The number of allylic oxidation sites excluding steroid dienone is 2. The monoisotopic (exact) mass is 290 g/mol. The number of anilines is 1. The van der Waals surface area contributed by atoms with Gasteiger partial charge in [-0.3, -0.25) is 9.69 Å². The first-order chi connectivity index (χ1) is 9.22. The van der Waals surface area contributed by atoms with Crippen molar-refractivity contribution in [2.24, 2.45) is 0 Å². The molecule has 1 aliphatic rings. The van der Waals surface area contributed by atoms with Gasteiger partial charge >= 0.3 is 0 Å². The van der Waals surface area contributed by atoms with Crippen LogP contribution >= 0.6 is 24.0 Å². The Morgan fingerprint density at radius 3 is 2.74 bits per heavy atom. The van der Waals surface area contributed by atoms with E-state index in [9.17, 15) is 4.79 Å². The number of rotatable bonds is 4. The third-order valence-electron chi connectivity index (χ3n) is 2.56. The zero-order valence-electron chi connectivity index (χ0n) is 10.5. The summed E-state index contributed by atoms with van der Waals surface area (Å²) in [4.78, 5) is 14.2. The Hall–Kier alpha value is -1.59. The topological polar surface area (TPSA) is 32.3 Å². The van der Waals surface area contributed by atoms with Crippen LogP contribution in [-0.2, 0) is 4.79 Å². The van der Waals surface area contributed by atoms with Gasteiger partial charge in [0.1, 0.15) is 4.32 Å². The third kappa shape index (κ3) is 3.45. The second kappa shape index (κ2) is 6.54. The highest BCUT2D eigenvalue weighted by atomic mass is 32.2. The molecule has 0 atom stereocenters. The molecule has 0 saturated carbocycles. The van der Waals surface area contributed by atoms with Gasteiger partial charge in [-0.05, 0) is 31.2 Å². The van der Waals surface area contributed by atoms with Crippen LogP contribution in [-0.4, -0.2) is 21.7 Å². The number of amides is 1. The van der Waals surface area contributed by atoms with E-state index in [0.717, 1.165) is 5.69 Å². The predicted octanol–water partition coefficient (Wildman–Crippen LogP) is 3.38. The first-order valence-electron chi connectivity index (χ1n) is 5.94. The van der Waals surface area contributed by atoms with Crippen LogP contribution in [0.5, 0.6) is 0 Å². The van der Waals surface area contributed by atoms with Crippen LogP contribution in [0, 0.1) is 0 Å². The maximum Gasteiger partial charge on any atom is 0.266 e. The Morgan fingerprint density at radius 1 is 1.37 bits per heavy atom. The number of nitrogens with zero attached hydrogens (tertiary/aromatic N) is 1. The van der Waals surface area contributed by atoms with Crippen molar-refractivity contribution in [2.75, 3.05) is 11.9 Å². The number of thioether (sulfide) groups is 1. The number of benzene rings is 1. The highest BCUT2D eigenvalue weighted by Crippen LogP contribution is 2.30. The minimum Gasteiger partial charge on any atom is -0.362 e. The molecule has 98 valence electrons. The lowest BCUT2D eigenvalue weighted by Crippen LogP contribution is -2.27. The van der Waals surface area contributed by atoms with Gasteiger partial charge in [-0.15, -0.1) is 0 Å².